The molecule has 2 aromatic carbocycles. The van der Waals surface area contributed by atoms with Gasteiger partial charge in [-0.2, -0.15) is 10.2 Å². The van der Waals surface area contributed by atoms with Crippen molar-refractivity contribution in [1.82, 2.24) is 24.9 Å². The summed E-state index contributed by atoms with van der Waals surface area (Å²) in [5.74, 6) is -0.365. The van der Waals surface area contributed by atoms with E-state index in [9.17, 15) is 14.0 Å². The van der Waals surface area contributed by atoms with Crippen LogP contribution in [-0.4, -0.2) is 44.4 Å². The number of nitrogens with one attached hydrogen (secondary N) is 1. The number of likely N-dealkylation sites (N-methyl/N-ethyl adjacent to an activating group) is 1. The SMILES string of the molecule is CN(CCCc1cc(-c2ccc(F)cc2)n[nH]1)C(=O)Cn1ncc(=O)c2ccccc21. The second-order valence-corrected chi connectivity index (χ2v) is 7.39. The van der Waals surface area contributed by atoms with E-state index in [-0.39, 0.29) is 23.7 Å². The summed E-state index contributed by atoms with van der Waals surface area (Å²) in [5.41, 5.74) is 3.04. The van der Waals surface area contributed by atoms with Gasteiger partial charge in [0.15, 0.2) is 0 Å². The zero-order valence-corrected chi connectivity index (χ0v) is 17.1. The Morgan fingerprint density at radius 1 is 1.16 bits per heavy atom. The van der Waals surface area contributed by atoms with Crippen LogP contribution in [0.15, 0.2) is 65.6 Å². The first-order valence-corrected chi connectivity index (χ1v) is 10.0. The molecular formula is C23H22FN5O2. The minimum atomic E-state index is -0.280. The lowest BCUT2D eigenvalue weighted by Gasteiger charge is -2.18. The largest absolute Gasteiger partial charge is 0.344 e. The summed E-state index contributed by atoms with van der Waals surface area (Å²) in [6, 6.07) is 15.3. The maximum absolute atomic E-state index is 13.1. The van der Waals surface area contributed by atoms with E-state index in [1.807, 2.05) is 12.1 Å². The third kappa shape index (κ3) is 4.69. The van der Waals surface area contributed by atoms with E-state index in [0.29, 0.717) is 17.4 Å². The van der Waals surface area contributed by atoms with Crippen LogP contribution in [-0.2, 0) is 17.8 Å². The fraction of sp³-hybridized carbons (Fsp3) is 0.217. The van der Waals surface area contributed by atoms with Crippen molar-refractivity contribution >= 4 is 16.8 Å². The number of H-pyrrole nitrogens is 1. The molecule has 2 aromatic heterocycles. The van der Waals surface area contributed by atoms with Gasteiger partial charge in [-0.3, -0.25) is 19.4 Å². The summed E-state index contributed by atoms with van der Waals surface area (Å²) in [5, 5.41) is 11.9. The van der Waals surface area contributed by atoms with Gasteiger partial charge >= 0.3 is 0 Å². The second-order valence-electron chi connectivity index (χ2n) is 7.39. The summed E-state index contributed by atoms with van der Waals surface area (Å²) in [6.45, 7) is 0.637. The second kappa shape index (κ2) is 8.91. The Morgan fingerprint density at radius 3 is 2.74 bits per heavy atom. The summed E-state index contributed by atoms with van der Waals surface area (Å²) in [6.07, 6.45) is 2.73. The molecule has 0 saturated carbocycles. The number of aromatic nitrogens is 4. The third-order valence-corrected chi connectivity index (χ3v) is 5.18. The average Bonchev–Trinajstić information content (AvgIpc) is 3.25. The Bertz CT molecular complexity index is 1260. The Balaban J connectivity index is 1.33. The molecule has 1 amide bonds. The molecule has 158 valence electrons. The Morgan fingerprint density at radius 2 is 1.94 bits per heavy atom. The van der Waals surface area contributed by atoms with Crippen molar-refractivity contribution in [1.29, 1.82) is 0 Å². The van der Waals surface area contributed by atoms with Crippen LogP contribution >= 0.6 is 0 Å². The van der Waals surface area contributed by atoms with E-state index in [4.69, 9.17) is 0 Å². The fourth-order valence-electron chi connectivity index (χ4n) is 3.43. The van der Waals surface area contributed by atoms with Crippen LogP contribution in [0.4, 0.5) is 4.39 Å². The van der Waals surface area contributed by atoms with Crippen molar-refractivity contribution in [2.75, 3.05) is 13.6 Å². The molecule has 7 nitrogen and oxygen atoms in total. The van der Waals surface area contributed by atoms with Gasteiger partial charge in [0, 0.05) is 30.2 Å². The predicted molar refractivity (Wildman–Crippen MR) is 116 cm³/mol. The van der Waals surface area contributed by atoms with E-state index in [0.717, 1.165) is 29.8 Å². The molecule has 0 radical (unpaired) electrons. The first-order valence-electron chi connectivity index (χ1n) is 10.0. The number of aromatic amines is 1. The molecule has 0 atom stereocenters. The van der Waals surface area contributed by atoms with Crippen LogP contribution in [0.3, 0.4) is 0 Å². The Labute approximate surface area is 178 Å². The molecule has 0 fully saturated rings. The van der Waals surface area contributed by atoms with Crippen molar-refractivity contribution in [2.45, 2.75) is 19.4 Å². The van der Waals surface area contributed by atoms with Gasteiger partial charge in [0.05, 0.1) is 17.4 Å². The molecule has 0 aliphatic heterocycles. The van der Waals surface area contributed by atoms with Crippen molar-refractivity contribution in [2.24, 2.45) is 0 Å². The molecule has 8 heteroatoms. The smallest absolute Gasteiger partial charge is 0.244 e. The zero-order valence-electron chi connectivity index (χ0n) is 17.1. The number of para-hydroxylation sites is 1. The van der Waals surface area contributed by atoms with Gasteiger partial charge in [0.1, 0.15) is 12.4 Å². The van der Waals surface area contributed by atoms with Crippen LogP contribution in [0.2, 0.25) is 0 Å². The quantitative estimate of drug-likeness (QED) is 0.499. The zero-order chi connectivity index (χ0) is 21.8. The molecule has 4 aromatic rings. The monoisotopic (exact) mass is 419 g/mol. The van der Waals surface area contributed by atoms with Gasteiger partial charge in [-0.05, 0) is 55.3 Å². The number of carbonyl (C=O) groups excluding carboxylic acids is 1. The Hall–Kier alpha value is -3.81. The number of fused-ring (bicyclic) bond motifs is 1. The number of aryl methyl sites for hydroxylation is 1. The number of nitrogens with zero attached hydrogens (tertiary/aromatic N) is 4. The van der Waals surface area contributed by atoms with Crippen molar-refractivity contribution in [3.8, 4) is 11.3 Å². The molecular weight excluding hydrogens is 397 g/mol. The van der Waals surface area contributed by atoms with Gasteiger partial charge < -0.3 is 4.90 Å². The van der Waals surface area contributed by atoms with Gasteiger partial charge in [0.2, 0.25) is 11.3 Å². The minimum absolute atomic E-state index is 0.0655. The van der Waals surface area contributed by atoms with E-state index >= 15 is 0 Å². The minimum Gasteiger partial charge on any atom is -0.344 e. The highest BCUT2D eigenvalue weighted by molar-refractivity contribution is 5.81. The molecule has 31 heavy (non-hydrogen) atoms. The summed E-state index contributed by atoms with van der Waals surface area (Å²) in [4.78, 5) is 26.2. The highest BCUT2D eigenvalue weighted by Gasteiger charge is 2.12. The Kier molecular flexibility index (Phi) is 5.88. The molecule has 4 rings (SSSR count). The molecule has 0 unspecified atom stereocenters. The number of halogens is 1. The lowest BCUT2D eigenvalue weighted by molar-refractivity contribution is -0.130. The van der Waals surface area contributed by atoms with Crippen molar-refractivity contribution in [3.05, 3.63) is 82.5 Å². The molecule has 2 heterocycles. The maximum Gasteiger partial charge on any atom is 0.244 e. The number of carbonyl (C=O) groups is 1. The molecule has 1 N–H and O–H groups in total. The summed E-state index contributed by atoms with van der Waals surface area (Å²) >= 11 is 0. The summed E-state index contributed by atoms with van der Waals surface area (Å²) < 4.78 is 14.6. The maximum atomic E-state index is 13.1. The third-order valence-electron chi connectivity index (χ3n) is 5.18. The molecule has 0 spiro atoms. The molecule has 0 aliphatic carbocycles. The van der Waals surface area contributed by atoms with Gasteiger partial charge in [-0.25, -0.2) is 4.39 Å². The van der Waals surface area contributed by atoms with Crippen LogP contribution in [0.1, 0.15) is 12.1 Å². The molecule has 0 saturated heterocycles. The fourth-order valence-corrected chi connectivity index (χ4v) is 3.43. The van der Waals surface area contributed by atoms with Crippen LogP contribution < -0.4 is 5.43 Å². The number of hydrogen-bond acceptors (Lipinski definition) is 4. The van der Waals surface area contributed by atoms with Gasteiger partial charge in [0.25, 0.3) is 0 Å². The first kappa shape index (κ1) is 20.5. The van der Waals surface area contributed by atoms with Crippen molar-refractivity contribution in [3.63, 3.8) is 0 Å². The topological polar surface area (TPSA) is 83.9 Å². The number of benzene rings is 2. The van der Waals surface area contributed by atoms with Gasteiger partial charge in [-0.1, -0.05) is 12.1 Å². The predicted octanol–water partition coefficient (Wildman–Crippen LogP) is 3.02. The van der Waals surface area contributed by atoms with Crippen LogP contribution in [0.5, 0.6) is 0 Å². The standard InChI is InChI=1S/C23H22FN5O2/c1-28(23(31)15-29-21-7-3-2-6-19(21)22(30)14-25-29)12-4-5-18-13-20(27-26-18)16-8-10-17(24)11-9-16/h2-3,6-11,13-14H,4-5,12,15H2,1H3,(H,26,27). The van der Waals surface area contributed by atoms with E-state index in [1.54, 1.807) is 47.0 Å². The van der Waals surface area contributed by atoms with E-state index in [1.165, 1.54) is 18.3 Å². The van der Waals surface area contributed by atoms with Crippen LogP contribution in [0, 0.1) is 5.82 Å². The molecule has 0 aliphatic rings. The van der Waals surface area contributed by atoms with Crippen LogP contribution in [0.25, 0.3) is 22.2 Å². The molecule has 0 bridgehead atoms. The van der Waals surface area contributed by atoms with Gasteiger partial charge in [-0.15, -0.1) is 0 Å². The lowest BCUT2D eigenvalue weighted by atomic mass is 10.1. The lowest BCUT2D eigenvalue weighted by Crippen LogP contribution is -2.32. The normalized spacial score (nSPS) is 11.0. The number of hydrogen-bond donors (Lipinski definition) is 1. The highest BCUT2D eigenvalue weighted by Crippen LogP contribution is 2.18. The van der Waals surface area contributed by atoms with E-state index in [2.05, 4.69) is 15.3 Å². The number of amides is 1. The van der Waals surface area contributed by atoms with E-state index < -0.39 is 0 Å². The number of rotatable bonds is 7. The average molecular weight is 419 g/mol. The highest BCUT2D eigenvalue weighted by atomic mass is 19.1. The summed E-state index contributed by atoms with van der Waals surface area (Å²) in [7, 11) is 1.75. The first-order chi connectivity index (χ1) is 15.0. The van der Waals surface area contributed by atoms with Crippen molar-refractivity contribution < 1.29 is 9.18 Å².